The van der Waals surface area contributed by atoms with E-state index in [4.69, 9.17) is 4.74 Å². The maximum Gasteiger partial charge on any atom is 0.311 e. The van der Waals surface area contributed by atoms with Crippen molar-refractivity contribution in [3.05, 3.63) is 0 Å². The van der Waals surface area contributed by atoms with Crippen LogP contribution in [0.25, 0.3) is 0 Å². The molecule has 1 aliphatic rings. The predicted molar refractivity (Wildman–Crippen MR) is 76.4 cm³/mol. The largest absolute Gasteiger partial charge is 0.481 e. The molecule has 1 unspecified atom stereocenters. The second-order valence-electron chi connectivity index (χ2n) is 5.66. The summed E-state index contributed by atoms with van der Waals surface area (Å²) >= 11 is 0. The van der Waals surface area contributed by atoms with Crippen molar-refractivity contribution in [3.63, 3.8) is 0 Å². The number of carbonyl (C=O) groups excluding carboxylic acids is 1. The van der Waals surface area contributed by atoms with Crippen molar-refractivity contribution in [3.8, 4) is 0 Å². The molecule has 0 spiro atoms. The summed E-state index contributed by atoms with van der Waals surface area (Å²) in [5.41, 5.74) is -0.850. The summed E-state index contributed by atoms with van der Waals surface area (Å²) in [5.74, 6) is -0.837. The first kappa shape index (κ1) is 17.0. The van der Waals surface area contributed by atoms with E-state index in [0.717, 1.165) is 25.7 Å². The average Bonchev–Trinajstić information content (AvgIpc) is 2.46. The quantitative estimate of drug-likeness (QED) is 0.717. The van der Waals surface area contributed by atoms with E-state index in [9.17, 15) is 14.7 Å². The number of unbranched alkanes of at least 4 members (excludes halogenated alkanes) is 1. The lowest BCUT2D eigenvalue weighted by Crippen LogP contribution is -2.47. The van der Waals surface area contributed by atoms with Crippen molar-refractivity contribution >= 4 is 11.9 Å². The molecule has 0 aromatic rings. The summed E-state index contributed by atoms with van der Waals surface area (Å²) in [6.45, 7) is 5.23. The number of hydrogen-bond acceptors (Lipinski definition) is 3. The van der Waals surface area contributed by atoms with Crippen molar-refractivity contribution in [1.82, 2.24) is 5.32 Å². The molecule has 1 atom stereocenters. The lowest BCUT2D eigenvalue weighted by Gasteiger charge is -2.33. The lowest BCUT2D eigenvalue weighted by molar-refractivity contribution is -0.154. The van der Waals surface area contributed by atoms with Gasteiger partial charge in [0, 0.05) is 25.7 Å². The zero-order valence-electron chi connectivity index (χ0n) is 12.6. The Morgan fingerprint density at radius 3 is 2.45 bits per heavy atom. The molecule has 1 rings (SSSR count). The molecule has 0 aromatic carbocycles. The molecule has 20 heavy (non-hydrogen) atoms. The SMILES string of the molecule is CCCCC(CC)C(=O)NCC1(C(=O)O)CCOCC1. The van der Waals surface area contributed by atoms with E-state index in [-0.39, 0.29) is 18.4 Å². The number of rotatable bonds is 8. The van der Waals surface area contributed by atoms with Crippen LogP contribution in [0.5, 0.6) is 0 Å². The minimum absolute atomic E-state index is 0.000588. The Labute approximate surface area is 121 Å². The van der Waals surface area contributed by atoms with Gasteiger partial charge in [-0.1, -0.05) is 26.7 Å². The molecule has 0 bridgehead atoms. The number of amides is 1. The molecule has 1 saturated heterocycles. The van der Waals surface area contributed by atoms with E-state index in [2.05, 4.69) is 12.2 Å². The first-order valence-electron chi connectivity index (χ1n) is 7.64. The summed E-state index contributed by atoms with van der Waals surface area (Å²) in [4.78, 5) is 23.6. The fourth-order valence-electron chi connectivity index (χ4n) is 2.60. The first-order valence-corrected chi connectivity index (χ1v) is 7.64. The van der Waals surface area contributed by atoms with Crippen LogP contribution in [0.15, 0.2) is 0 Å². The van der Waals surface area contributed by atoms with Crippen LogP contribution < -0.4 is 5.32 Å². The second kappa shape index (κ2) is 8.25. The van der Waals surface area contributed by atoms with Crippen LogP contribution in [0, 0.1) is 11.3 Å². The Balaban J connectivity index is 2.53. The third-order valence-corrected chi connectivity index (χ3v) is 4.27. The Morgan fingerprint density at radius 2 is 1.95 bits per heavy atom. The van der Waals surface area contributed by atoms with Gasteiger partial charge in [0.1, 0.15) is 0 Å². The molecule has 1 fully saturated rings. The molecule has 1 heterocycles. The van der Waals surface area contributed by atoms with Crippen LogP contribution >= 0.6 is 0 Å². The molecule has 0 radical (unpaired) electrons. The highest BCUT2D eigenvalue weighted by Crippen LogP contribution is 2.30. The first-order chi connectivity index (χ1) is 9.55. The molecule has 1 aliphatic heterocycles. The van der Waals surface area contributed by atoms with Gasteiger partial charge in [-0.25, -0.2) is 0 Å². The fraction of sp³-hybridized carbons (Fsp3) is 0.867. The standard InChI is InChI=1S/C15H27NO4/c1-3-5-6-12(4-2)13(17)16-11-15(14(18)19)7-9-20-10-8-15/h12H,3-11H2,1-2H3,(H,16,17)(H,18,19). The monoisotopic (exact) mass is 285 g/mol. The van der Waals surface area contributed by atoms with E-state index in [1.54, 1.807) is 0 Å². The Kier molecular flexibility index (Phi) is 6.99. The number of carbonyl (C=O) groups is 2. The average molecular weight is 285 g/mol. The Hall–Kier alpha value is -1.10. The number of carboxylic acids is 1. The van der Waals surface area contributed by atoms with Gasteiger partial charge >= 0.3 is 5.97 Å². The van der Waals surface area contributed by atoms with Gasteiger partial charge in [0.25, 0.3) is 0 Å². The molecule has 0 saturated carbocycles. The molecule has 1 amide bonds. The van der Waals surface area contributed by atoms with Gasteiger partial charge in [0.05, 0.1) is 5.41 Å². The molecule has 5 nitrogen and oxygen atoms in total. The minimum atomic E-state index is -0.850. The predicted octanol–water partition coefficient (Wildman–Crippen LogP) is 2.20. The lowest BCUT2D eigenvalue weighted by atomic mass is 9.80. The summed E-state index contributed by atoms with van der Waals surface area (Å²) in [6.07, 6.45) is 4.71. The van der Waals surface area contributed by atoms with Crippen molar-refractivity contribution in [1.29, 1.82) is 0 Å². The smallest absolute Gasteiger partial charge is 0.311 e. The van der Waals surface area contributed by atoms with Gasteiger partial charge in [-0.3, -0.25) is 9.59 Å². The second-order valence-corrected chi connectivity index (χ2v) is 5.66. The highest BCUT2D eigenvalue weighted by Gasteiger charge is 2.40. The number of hydrogen-bond donors (Lipinski definition) is 2. The molecule has 0 aromatic heterocycles. The van der Waals surface area contributed by atoms with Gasteiger partial charge in [-0.2, -0.15) is 0 Å². The summed E-state index contributed by atoms with van der Waals surface area (Å²) < 4.78 is 5.23. The van der Waals surface area contributed by atoms with Gasteiger partial charge < -0.3 is 15.2 Å². The number of ether oxygens (including phenoxy) is 1. The van der Waals surface area contributed by atoms with Gasteiger partial charge in [-0.05, 0) is 25.7 Å². The highest BCUT2D eigenvalue weighted by molar-refractivity contribution is 5.80. The normalized spacial score (nSPS) is 19.3. The summed E-state index contributed by atoms with van der Waals surface area (Å²) in [5, 5.41) is 12.3. The number of nitrogens with one attached hydrogen (secondary N) is 1. The zero-order chi connectivity index (χ0) is 15.0. The fourth-order valence-corrected chi connectivity index (χ4v) is 2.60. The van der Waals surface area contributed by atoms with Crippen LogP contribution in [0.4, 0.5) is 0 Å². The third-order valence-electron chi connectivity index (χ3n) is 4.27. The third kappa shape index (κ3) is 4.47. The van der Waals surface area contributed by atoms with Crippen molar-refractivity contribution < 1.29 is 19.4 Å². The van der Waals surface area contributed by atoms with Crippen LogP contribution in [-0.4, -0.2) is 36.7 Å². The molecule has 116 valence electrons. The van der Waals surface area contributed by atoms with Crippen LogP contribution in [0.2, 0.25) is 0 Å². The van der Waals surface area contributed by atoms with Crippen molar-refractivity contribution in [2.45, 2.75) is 52.4 Å². The van der Waals surface area contributed by atoms with E-state index >= 15 is 0 Å². The maximum absolute atomic E-state index is 12.2. The summed E-state index contributed by atoms with van der Waals surface area (Å²) in [7, 11) is 0. The van der Waals surface area contributed by atoms with Crippen LogP contribution in [0.3, 0.4) is 0 Å². The van der Waals surface area contributed by atoms with Crippen LogP contribution in [0.1, 0.15) is 52.4 Å². The van der Waals surface area contributed by atoms with E-state index in [1.165, 1.54) is 0 Å². The molecule has 5 heteroatoms. The van der Waals surface area contributed by atoms with Crippen LogP contribution in [-0.2, 0) is 14.3 Å². The Bertz CT molecular complexity index is 324. The van der Waals surface area contributed by atoms with Crippen molar-refractivity contribution in [2.75, 3.05) is 19.8 Å². The Morgan fingerprint density at radius 1 is 1.30 bits per heavy atom. The van der Waals surface area contributed by atoms with E-state index in [0.29, 0.717) is 26.1 Å². The zero-order valence-corrected chi connectivity index (χ0v) is 12.6. The minimum Gasteiger partial charge on any atom is -0.481 e. The van der Waals surface area contributed by atoms with E-state index < -0.39 is 11.4 Å². The summed E-state index contributed by atoms with van der Waals surface area (Å²) in [6, 6.07) is 0. The highest BCUT2D eigenvalue weighted by atomic mass is 16.5. The molecule has 2 N–H and O–H groups in total. The topological polar surface area (TPSA) is 75.6 Å². The van der Waals surface area contributed by atoms with Gasteiger partial charge in [0.15, 0.2) is 0 Å². The van der Waals surface area contributed by atoms with Gasteiger partial charge in [-0.15, -0.1) is 0 Å². The van der Waals surface area contributed by atoms with Gasteiger partial charge in [0.2, 0.25) is 5.91 Å². The molecular weight excluding hydrogens is 258 g/mol. The number of carboxylic acid groups (broad SMARTS) is 1. The molecular formula is C15H27NO4. The van der Waals surface area contributed by atoms with Crippen molar-refractivity contribution in [2.24, 2.45) is 11.3 Å². The number of aliphatic carboxylic acids is 1. The van der Waals surface area contributed by atoms with E-state index in [1.807, 2.05) is 6.92 Å². The molecule has 0 aliphatic carbocycles. The maximum atomic E-state index is 12.2.